The van der Waals surface area contributed by atoms with Gasteiger partial charge in [-0.1, -0.05) is 102 Å². The van der Waals surface area contributed by atoms with Crippen LogP contribution in [-0.2, 0) is 0 Å². The predicted molar refractivity (Wildman–Crippen MR) is 124 cm³/mol. The Labute approximate surface area is 181 Å². The number of para-hydroxylation sites is 1. The first-order valence-electron chi connectivity index (χ1n) is 12.1. The molecule has 1 aromatic carbocycles. The molecule has 1 unspecified atom stereocenters. The van der Waals surface area contributed by atoms with Crippen molar-refractivity contribution < 1.29 is 13.9 Å². The molecule has 0 aliphatic heterocycles. The van der Waals surface area contributed by atoms with Gasteiger partial charge < -0.3 is 9.44 Å². The Balaban J connectivity index is 0.00000784. The normalized spacial score (nSPS) is 12.4. The van der Waals surface area contributed by atoms with Crippen LogP contribution in [-0.4, -0.2) is 31.4 Å². The third kappa shape index (κ3) is 14.5. The van der Waals surface area contributed by atoms with E-state index in [0.29, 0.717) is 0 Å². The SMILES string of the molecule is CCCCCCCCCCCCCCCC[N+](C)(C)C(C)Oc1ccccc1.[F-]. The first-order chi connectivity index (χ1) is 13.6. The fraction of sp³-hybridized carbons (Fsp3) is 0.769. The molecular weight excluding hydrogens is 361 g/mol. The van der Waals surface area contributed by atoms with Gasteiger partial charge in [0.25, 0.3) is 0 Å². The average Bonchev–Trinajstić information content (AvgIpc) is 2.69. The molecule has 0 amide bonds. The smallest absolute Gasteiger partial charge is 0.230 e. The van der Waals surface area contributed by atoms with E-state index < -0.39 is 0 Å². The van der Waals surface area contributed by atoms with E-state index in [9.17, 15) is 0 Å². The number of hydrogen-bond donors (Lipinski definition) is 0. The lowest BCUT2D eigenvalue weighted by atomic mass is 10.0. The molecule has 0 aliphatic carbocycles. The number of hydrogen-bond acceptors (Lipinski definition) is 1. The summed E-state index contributed by atoms with van der Waals surface area (Å²) in [7, 11) is 4.58. The summed E-state index contributed by atoms with van der Waals surface area (Å²) in [6, 6.07) is 10.2. The number of ether oxygens (including phenoxy) is 1. The van der Waals surface area contributed by atoms with Gasteiger partial charge in [0.2, 0.25) is 6.23 Å². The summed E-state index contributed by atoms with van der Waals surface area (Å²) in [4.78, 5) is 0. The molecule has 0 heterocycles. The second-order valence-electron chi connectivity index (χ2n) is 9.13. The van der Waals surface area contributed by atoms with Gasteiger partial charge in [0.15, 0.2) is 0 Å². The van der Waals surface area contributed by atoms with Crippen LogP contribution in [0.1, 0.15) is 104 Å². The van der Waals surface area contributed by atoms with Gasteiger partial charge in [-0.25, -0.2) is 0 Å². The van der Waals surface area contributed by atoms with Crippen molar-refractivity contribution in [1.82, 2.24) is 0 Å². The van der Waals surface area contributed by atoms with Crippen LogP contribution in [0.2, 0.25) is 0 Å². The summed E-state index contributed by atoms with van der Waals surface area (Å²) < 4.78 is 7.04. The van der Waals surface area contributed by atoms with E-state index in [1.165, 1.54) is 96.4 Å². The van der Waals surface area contributed by atoms with Gasteiger partial charge in [0.05, 0.1) is 20.6 Å². The van der Waals surface area contributed by atoms with E-state index in [1.54, 1.807) is 0 Å². The van der Waals surface area contributed by atoms with Crippen LogP contribution < -0.4 is 9.44 Å². The van der Waals surface area contributed by atoms with Gasteiger partial charge >= 0.3 is 0 Å². The number of quaternary nitrogens is 1. The maximum absolute atomic E-state index is 6.12. The van der Waals surface area contributed by atoms with Gasteiger partial charge in [-0.15, -0.1) is 0 Å². The van der Waals surface area contributed by atoms with E-state index in [0.717, 1.165) is 10.2 Å². The Morgan fingerprint density at radius 1 is 0.690 bits per heavy atom. The zero-order valence-corrected chi connectivity index (χ0v) is 19.8. The lowest BCUT2D eigenvalue weighted by molar-refractivity contribution is -0.931. The minimum absolute atomic E-state index is 0. The second kappa shape index (κ2) is 17.7. The van der Waals surface area contributed by atoms with Crippen molar-refractivity contribution >= 4 is 0 Å². The van der Waals surface area contributed by atoms with Gasteiger partial charge in [-0.3, -0.25) is 4.48 Å². The number of nitrogens with zero attached hydrogens (tertiary/aromatic N) is 1. The van der Waals surface area contributed by atoms with Crippen molar-refractivity contribution in [1.29, 1.82) is 0 Å². The van der Waals surface area contributed by atoms with Crippen molar-refractivity contribution in [2.24, 2.45) is 0 Å². The molecular formula is C26H48FNO. The zero-order chi connectivity index (χ0) is 20.5. The molecule has 2 nitrogen and oxygen atoms in total. The maximum Gasteiger partial charge on any atom is 0.230 e. The molecule has 0 aliphatic rings. The molecule has 3 heteroatoms. The standard InChI is InChI=1S/C26H48NO.FH/c1-5-6-7-8-9-10-11-12-13-14-15-16-17-21-24-27(3,4)25(2)28-26-22-19-18-20-23-26;/h18-20,22-23,25H,5-17,21,24H2,1-4H3;1H/q+1;/p-1. The second-order valence-corrected chi connectivity index (χ2v) is 9.13. The summed E-state index contributed by atoms with van der Waals surface area (Å²) in [5, 5.41) is 0. The highest BCUT2D eigenvalue weighted by atomic mass is 19.0. The van der Waals surface area contributed by atoms with E-state index >= 15 is 0 Å². The van der Waals surface area contributed by atoms with E-state index in [-0.39, 0.29) is 10.9 Å². The molecule has 0 saturated carbocycles. The lowest BCUT2D eigenvalue weighted by Crippen LogP contribution is -3.00. The summed E-state index contributed by atoms with van der Waals surface area (Å²) in [5.74, 6) is 0.974. The summed E-state index contributed by atoms with van der Waals surface area (Å²) in [6.07, 6.45) is 20.0. The van der Waals surface area contributed by atoms with Crippen LogP contribution in [0.4, 0.5) is 0 Å². The van der Waals surface area contributed by atoms with Gasteiger partial charge in [0, 0.05) is 6.92 Å². The molecule has 0 radical (unpaired) electrons. The molecule has 1 rings (SSSR count). The van der Waals surface area contributed by atoms with E-state index in [1.807, 2.05) is 30.3 Å². The summed E-state index contributed by atoms with van der Waals surface area (Å²) >= 11 is 0. The molecule has 0 spiro atoms. The largest absolute Gasteiger partial charge is 1.00 e. The molecule has 0 bridgehead atoms. The first kappa shape index (κ1) is 27.9. The molecule has 29 heavy (non-hydrogen) atoms. The quantitative estimate of drug-likeness (QED) is 0.189. The van der Waals surface area contributed by atoms with Gasteiger partial charge in [-0.2, -0.15) is 0 Å². The molecule has 0 saturated heterocycles. The molecule has 1 aromatic rings. The number of halogens is 1. The monoisotopic (exact) mass is 409 g/mol. The maximum atomic E-state index is 6.12. The van der Waals surface area contributed by atoms with Crippen molar-refractivity contribution in [2.45, 2.75) is 110 Å². The minimum Gasteiger partial charge on any atom is -1.00 e. The fourth-order valence-corrected chi connectivity index (χ4v) is 3.73. The van der Waals surface area contributed by atoms with Crippen molar-refractivity contribution in [3.63, 3.8) is 0 Å². The molecule has 170 valence electrons. The number of benzene rings is 1. The Bertz CT molecular complexity index is 463. The molecule has 0 N–H and O–H groups in total. The Morgan fingerprint density at radius 3 is 1.55 bits per heavy atom. The van der Waals surface area contributed by atoms with Crippen LogP contribution in [0.25, 0.3) is 0 Å². The topological polar surface area (TPSA) is 9.23 Å². The fourth-order valence-electron chi connectivity index (χ4n) is 3.73. The third-order valence-electron chi connectivity index (χ3n) is 6.12. The van der Waals surface area contributed by atoms with Crippen LogP contribution >= 0.6 is 0 Å². The van der Waals surface area contributed by atoms with Crippen molar-refractivity contribution in [3.05, 3.63) is 30.3 Å². The minimum atomic E-state index is 0. The first-order valence-corrected chi connectivity index (χ1v) is 12.1. The number of unbranched alkanes of at least 4 members (excludes halogenated alkanes) is 13. The Hall–Kier alpha value is -1.09. The lowest BCUT2D eigenvalue weighted by Gasteiger charge is -2.35. The highest BCUT2D eigenvalue weighted by Gasteiger charge is 2.24. The Kier molecular flexibility index (Phi) is 17.1. The van der Waals surface area contributed by atoms with Gasteiger partial charge in [0.1, 0.15) is 5.75 Å². The predicted octanol–water partition coefficient (Wildman–Crippen LogP) is 4.97. The molecule has 0 aromatic heterocycles. The highest BCUT2D eigenvalue weighted by molar-refractivity contribution is 5.20. The number of rotatable bonds is 18. The highest BCUT2D eigenvalue weighted by Crippen LogP contribution is 2.18. The van der Waals surface area contributed by atoms with Gasteiger partial charge in [-0.05, 0) is 25.0 Å². The zero-order valence-electron chi connectivity index (χ0n) is 19.8. The Morgan fingerprint density at radius 2 is 1.10 bits per heavy atom. The van der Waals surface area contributed by atoms with Crippen molar-refractivity contribution in [3.8, 4) is 5.75 Å². The van der Waals surface area contributed by atoms with Crippen LogP contribution in [0.5, 0.6) is 5.75 Å². The van der Waals surface area contributed by atoms with Crippen LogP contribution in [0.15, 0.2) is 30.3 Å². The van der Waals surface area contributed by atoms with E-state index in [4.69, 9.17) is 4.74 Å². The van der Waals surface area contributed by atoms with E-state index in [2.05, 4.69) is 27.9 Å². The van der Waals surface area contributed by atoms with Crippen LogP contribution in [0, 0.1) is 0 Å². The molecule has 1 atom stereocenters. The molecule has 0 fully saturated rings. The summed E-state index contributed by atoms with van der Waals surface area (Å²) in [6.45, 7) is 5.67. The van der Waals surface area contributed by atoms with Crippen molar-refractivity contribution in [2.75, 3.05) is 20.6 Å². The third-order valence-corrected chi connectivity index (χ3v) is 6.12. The van der Waals surface area contributed by atoms with Crippen LogP contribution in [0.3, 0.4) is 0 Å². The summed E-state index contributed by atoms with van der Waals surface area (Å²) in [5.41, 5.74) is 0. The average molecular weight is 410 g/mol.